The van der Waals surface area contributed by atoms with Gasteiger partial charge in [-0.1, -0.05) is 32.4 Å². The zero-order valence-corrected chi connectivity index (χ0v) is 11.7. The van der Waals surface area contributed by atoms with Crippen LogP contribution in [0.4, 0.5) is 0 Å². The van der Waals surface area contributed by atoms with Crippen molar-refractivity contribution < 1.29 is 9.84 Å². The van der Waals surface area contributed by atoms with E-state index in [1.54, 1.807) is 19.1 Å². The van der Waals surface area contributed by atoms with Gasteiger partial charge in [-0.25, -0.2) is 0 Å². The van der Waals surface area contributed by atoms with Gasteiger partial charge in [-0.15, -0.1) is 0 Å². The summed E-state index contributed by atoms with van der Waals surface area (Å²) in [4.78, 5) is 0. The fraction of sp³-hybridized carbons (Fsp3) is 0.571. The minimum absolute atomic E-state index is 0.247. The number of benzene rings is 1. The predicted molar refractivity (Wildman–Crippen MR) is 71.7 cm³/mol. The summed E-state index contributed by atoms with van der Waals surface area (Å²) >= 11 is 5.90. The molecule has 0 saturated carbocycles. The Hall–Kier alpha value is -0.730. The van der Waals surface area contributed by atoms with Crippen molar-refractivity contribution in [1.29, 1.82) is 0 Å². The van der Waals surface area contributed by atoms with E-state index in [0.717, 1.165) is 12.0 Å². The van der Waals surface area contributed by atoms with Gasteiger partial charge in [0.15, 0.2) is 0 Å². The van der Waals surface area contributed by atoms with Crippen LogP contribution in [0.15, 0.2) is 18.2 Å². The quantitative estimate of drug-likeness (QED) is 0.875. The fourth-order valence-electron chi connectivity index (χ4n) is 1.44. The molecule has 0 heterocycles. The maximum atomic E-state index is 9.65. The zero-order chi connectivity index (χ0) is 13.1. The first-order valence-corrected chi connectivity index (χ1v) is 6.28. The highest BCUT2D eigenvalue weighted by atomic mass is 35.5. The molecule has 0 aliphatic heterocycles. The van der Waals surface area contributed by atoms with Gasteiger partial charge in [-0.05, 0) is 37.0 Å². The lowest BCUT2D eigenvalue weighted by atomic mass is 9.93. The molecule has 0 aliphatic rings. The molecule has 0 radical (unpaired) electrons. The lowest BCUT2D eigenvalue weighted by Gasteiger charge is -2.19. The number of aliphatic hydroxyl groups excluding tert-OH is 1. The van der Waals surface area contributed by atoms with Crippen LogP contribution in [0.2, 0.25) is 5.02 Å². The summed E-state index contributed by atoms with van der Waals surface area (Å²) in [7, 11) is 0. The zero-order valence-electron chi connectivity index (χ0n) is 11.0. The first-order chi connectivity index (χ1) is 7.79. The van der Waals surface area contributed by atoms with Gasteiger partial charge in [-0.2, -0.15) is 0 Å². The average molecular weight is 257 g/mol. The lowest BCUT2D eigenvalue weighted by Crippen LogP contribution is -2.12. The van der Waals surface area contributed by atoms with Gasteiger partial charge in [0.2, 0.25) is 0 Å². The number of rotatable bonds is 4. The Morgan fingerprint density at radius 1 is 1.35 bits per heavy atom. The first-order valence-electron chi connectivity index (χ1n) is 5.90. The molecule has 1 aromatic carbocycles. The second-order valence-corrected chi connectivity index (χ2v) is 5.95. The number of halogens is 1. The van der Waals surface area contributed by atoms with Crippen molar-refractivity contribution in [3.05, 3.63) is 28.8 Å². The molecular weight excluding hydrogens is 236 g/mol. The molecule has 0 bridgehead atoms. The summed E-state index contributed by atoms with van der Waals surface area (Å²) < 4.78 is 5.71. The van der Waals surface area contributed by atoms with Gasteiger partial charge in [0, 0.05) is 10.6 Å². The van der Waals surface area contributed by atoms with Crippen LogP contribution in [0.25, 0.3) is 0 Å². The fourth-order valence-corrected chi connectivity index (χ4v) is 1.62. The lowest BCUT2D eigenvalue weighted by molar-refractivity contribution is 0.186. The van der Waals surface area contributed by atoms with Crippen molar-refractivity contribution in [2.24, 2.45) is 5.41 Å². The molecule has 0 spiro atoms. The Morgan fingerprint density at radius 2 is 2.00 bits per heavy atom. The minimum atomic E-state index is -0.571. The molecule has 0 saturated heterocycles. The van der Waals surface area contributed by atoms with Gasteiger partial charge in [0.05, 0.1) is 12.7 Å². The molecule has 17 heavy (non-hydrogen) atoms. The monoisotopic (exact) mass is 256 g/mol. The van der Waals surface area contributed by atoms with E-state index < -0.39 is 6.10 Å². The summed E-state index contributed by atoms with van der Waals surface area (Å²) in [5.41, 5.74) is 0.989. The third-order valence-corrected chi connectivity index (χ3v) is 2.77. The Balaban J connectivity index is 2.70. The Morgan fingerprint density at radius 3 is 2.53 bits per heavy atom. The largest absolute Gasteiger partial charge is 0.493 e. The van der Waals surface area contributed by atoms with Crippen LogP contribution >= 0.6 is 11.6 Å². The van der Waals surface area contributed by atoms with Gasteiger partial charge >= 0.3 is 0 Å². The molecule has 2 nitrogen and oxygen atoms in total. The molecule has 0 aliphatic carbocycles. The number of hydrogen-bond donors (Lipinski definition) is 1. The number of aliphatic hydroxyl groups is 1. The SMILES string of the molecule is C[C@H](O)c1cc(Cl)ccc1OCCC(C)(C)C. The van der Waals surface area contributed by atoms with Crippen molar-refractivity contribution in [3.8, 4) is 5.75 Å². The molecule has 96 valence electrons. The third kappa shape index (κ3) is 4.97. The number of ether oxygens (including phenoxy) is 1. The van der Waals surface area contributed by atoms with Crippen LogP contribution in [0, 0.1) is 5.41 Å². The van der Waals surface area contributed by atoms with Crippen molar-refractivity contribution in [3.63, 3.8) is 0 Å². The minimum Gasteiger partial charge on any atom is -0.493 e. The van der Waals surface area contributed by atoms with Crippen LogP contribution in [0.1, 0.15) is 45.8 Å². The Bertz CT molecular complexity index is 367. The van der Waals surface area contributed by atoms with E-state index >= 15 is 0 Å². The van der Waals surface area contributed by atoms with E-state index in [0.29, 0.717) is 17.4 Å². The highest BCUT2D eigenvalue weighted by Crippen LogP contribution is 2.29. The summed E-state index contributed by atoms with van der Waals surface area (Å²) in [6.07, 6.45) is 0.396. The molecule has 0 fully saturated rings. The maximum Gasteiger partial charge on any atom is 0.125 e. The van der Waals surface area contributed by atoms with Crippen molar-refractivity contribution in [2.45, 2.75) is 40.2 Å². The van der Waals surface area contributed by atoms with Crippen molar-refractivity contribution >= 4 is 11.6 Å². The smallest absolute Gasteiger partial charge is 0.125 e. The Labute approximate surface area is 109 Å². The molecule has 0 amide bonds. The van der Waals surface area contributed by atoms with E-state index in [2.05, 4.69) is 20.8 Å². The molecule has 1 atom stereocenters. The average Bonchev–Trinajstić information content (AvgIpc) is 2.18. The summed E-state index contributed by atoms with van der Waals surface area (Å²) in [5, 5.41) is 10.3. The van der Waals surface area contributed by atoms with Crippen LogP contribution in [0.5, 0.6) is 5.75 Å². The molecule has 1 N–H and O–H groups in total. The van der Waals surface area contributed by atoms with Gasteiger partial charge < -0.3 is 9.84 Å². The number of hydrogen-bond acceptors (Lipinski definition) is 2. The predicted octanol–water partition coefficient (Wildman–Crippen LogP) is 4.21. The van der Waals surface area contributed by atoms with Gasteiger partial charge in [0.25, 0.3) is 0 Å². The van der Waals surface area contributed by atoms with Crippen LogP contribution in [0.3, 0.4) is 0 Å². The van der Waals surface area contributed by atoms with E-state index in [-0.39, 0.29) is 5.41 Å². The van der Waals surface area contributed by atoms with E-state index in [1.165, 1.54) is 0 Å². The second-order valence-electron chi connectivity index (χ2n) is 5.52. The summed E-state index contributed by atoms with van der Waals surface area (Å²) in [6, 6.07) is 5.34. The summed E-state index contributed by atoms with van der Waals surface area (Å²) in [5.74, 6) is 0.716. The van der Waals surface area contributed by atoms with E-state index in [1.807, 2.05) is 6.07 Å². The Kier molecular flexibility index (Phi) is 4.84. The van der Waals surface area contributed by atoms with E-state index in [4.69, 9.17) is 16.3 Å². The molecule has 0 aromatic heterocycles. The van der Waals surface area contributed by atoms with E-state index in [9.17, 15) is 5.11 Å². The standard InChI is InChI=1S/C14H21ClO2/c1-10(16)12-9-11(15)5-6-13(12)17-8-7-14(2,3)4/h5-6,9-10,16H,7-8H2,1-4H3/t10-/m0/s1. The molecular formula is C14H21ClO2. The molecule has 3 heteroatoms. The normalized spacial score (nSPS) is 13.5. The van der Waals surface area contributed by atoms with Gasteiger partial charge in [-0.3, -0.25) is 0 Å². The maximum absolute atomic E-state index is 9.65. The summed E-state index contributed by atoms with van der Waals surface area (Å²) in [6.45, 7) is 8.88. The van der Waals surface area contributed by atoms with Crippen LogP contribution in [-0.2, 0) is 0 Å². The topological polar surface area (TPSA) is 29.5 Å². The second kappa shape index (κ2) is 5.74. The van der Waals surface area contributed by atoms with Crippen molar-refractivity contribution in [1.82, 2.24) is 0 Å². The molecule has 0 unspecified atom stereocenters. The van der Waals surface area contributed by atoms with Crippen LogP contribution < -0.4 is 4.74 Å². The first kappa shape index (κ1) is 14.3. The highest BCUT2D eigenvalue weighted by molar-refractivity contribution is 6.30. The van der Waals surface area contributed by atoms with Crippen LogP contribution in [-0.4, -0.2) is 11.7 Å². The third-order valence-electron chi connectivity index (χ3n) is 2.53. The molecule has 1 rings (SSSR count). The van der Waals surface area contributed by atoms with Gasteiger partial charge in [0.1, 0.15) is 5.75 Å². The highest BCUT2D eigenvalue weighted by Gasteiger charge is 2.13. The molecule has 1 aromatic rings. The van der Waals surface area contributed by atoms with Crippen molar-refractivity contribution in [2.75, 3.05) is 6.61 Å².